The standard InChI is InChI=1S/C28H35N7O/c1-19(2)30-23-16-24(27(36-5)17-26(23)35-14-12-33(3)13-15-35)32-28-29-11-10-22(31-28)21-18-34(4)25-9-7-6-8-20(21)25/h6-11,16-19,30H,12-15H2,1-5H3,(H,29,31,32). The summed E-state index contributed by atoms with van der Waals surface area (Å²) in [7, 11) is 5.93. The van der Waals surface area contributed by atoms with Gasteiger partial charge in [0, 0.05) is 74.2 Å². The minimum Gasteiger partial charge on any atom is -0.494 e. The normalized spacial score (nSPS) is 14.4. The average Bonchev–Trinajstić information content (AvgIpc) is 3.21. The molecule has 2 aromatic carbocycles. The van der Waals surface area contributed by atoms with Crippen LogP contribution in [0.25, 0.3) is 22.2 Å². The quantitative estimate of drug-likeness (QED) is 0.383. The number of nitrogens with one attached hydrogen (secondary N) is 2. The second-order valence-corrected chi connectivity index (χ2v) is 9.72. The van der Waals surface area contributed by atoms with E-state index in [0.717, 1.165) is 60.2 Å². The summed E-state index contributed by atoms with van der Waals surface area (Å²) < 4.78 is 7.95. The summed E-state index contributed by atoms with van der Waals surface area (Å²) >= 11 is 0. The Morgan fingerprint density at radius 1 is 0.972 bits per heavy atom. The molecule has 0 amide bonds. The zero-order chi connectivity index (χ0) is 25.2. The number of hydrogen-bond donors (Lipinski definition) is 2. The molecular weight excluding hydrogens is 450 g/mol. The Balaban J connectivity index is 1.49. The lowest BCUT2D eigenvalue weighted by Gasteiger charge is -2.36. The molecule has 0 spiro atoms. The van der Waals surface area contributed by atoms with Gasteiger partial charge in [-0.1, -0.05) is 18.2 Å². The van der Waals surface area contributed by atoms with Crippen molar-refractivity contribution in [3.8, 4) is 17.0 Å². The van der Waals surface area contributed by atoms with Crippen LogP contribution in [0.15, 0.2) is 54.9 Å². The zero-order valence-corrected chi connectivity index (χ0v) is 21.7. The van der Waals surface area contributed by atoms with Gasteiger partial charge in [0.15, 0.2) is 0 Å². The lowest BCUT2D eigenvalue weighted by atomic mass is 10.1. The minimum absolute atomic E-state index is 0.295. The highest BCUT2D eigenvalue weighted by atomic mass is 16.5. The number of aryl methyl sites for hydroxylation is 1. The van der Waals surface area contributed by atoms with Gasteiger partial charge in [-0.25, -0.2) is 9.97 Å². The predicted octanol–water partition coefficient (Wildman–Crippen LogP) is 4.96. The Morgan fingerprint density at radius 3 is 2.50 bits per heavy atom. The van der Waals surface area contributed by atoms with E-state index in [1.165, 1.54) is 10.9 Å². The van der Waals surface area contributed by atoms with Gasteiger partial charge < -0.3 is 29.7 Å². The van der Waals surface area contributed by atoms with Gasteiger partial charge in [-0.3, -0.25) is 0 Å². The molecule has 36 heavy (non-hydrogen) atoms. The Bertz CT molecular complexity index is 1360. The molecule has 8 heteroatoms. The van der Waals surface area contributed by atoms with Crippen LogP contribution in [0.4, 0.5) is 23.0 Å². The second kappa shape index (κ2) is 10.1. The molecule has 1 aliphatic rings. The molecule has 1 fully saturated rings. The van der Waals surface area contributed by atoms with Crippen molar-refractivity contribution >= 4 is 33.9 Å². The molecule has 5 rings (SSSR count). The fourth-order valence-electron chi connectivity index (χ4n) is 4.81. The maximum Gasteiger partial charge on any atom is 0.227 e. The topological polar surface area (TPSA) is 70.5 Å². The van der Waals surface area contributed by atoms with Crippen molar-refractivity contribution in [3.63, 3.8) is 0 Å². The van der Waals surface area contributed by atoms with Crippen molar-refractivity contribution < 1.29 is 4.74 Å². The third kappa shape index (κ3) is 4.81. The van der Waals surface area contributed by atoms with E-state index in [2.05, 4.69) is 101 Å². The maximum atomic E-state index is 5.82. The van der Waals surface area contributed by atoms with Crippen LogP contribution >= 0.6 is 0 Å². The fraction of sp³-hybridized carbons (Fsp3) is 0.357. The molecule has 0 saturated carbocycles. The third-order valence-corrected chi connectivity index (χ3v) is 6.68. The molecule has 2 N–H and O–H groups in total. The molecule has 1 aliphatic heterocycles. The second-order valence-electron chi connectivity index (χ2n) is 9.72. The molecule has 8 nitrogen and oxygen atoms in total. The van der Waals surface area contributed by atoms with E-state index >= 15 is 0 Å². The van der Waals surface area contributed by atoms with Gasteiger partial charge in [0.2, 0.25) is 5.95 Å². The largest absolute Gasteiger partial charge is 0.494 e. The zero-order valence-electron chi connectivity index (χ0n) is 21.7. The van der Waals surface area contributed by atoms with Crippen molar-refractivity contribution in [3.05, 3.63) is 54.9 Å². The van der Waals surface area contributed by atoms with Gasteiger partial charge in [0.05, 0.1) is 29.9 Å². The molecule has 0 unspecified atom stereocenters. The number of nitrogens with zero attached hydrogens (tertiary/aromatic N) is 5. The van der Waals surface area contributed by atoms with Gasteiger partial charge in [0.25, 0.3) is 0 Å². The fourth-order valence-corrected chi connectivity index (χ4v) is 4.81. The monoisotopic (exact) mass is 485 g/mol. The molecule has 4 aromatic rings. The third-order valence-electron chi connectivity index (χ3n) is 6.68. The van der Waals surface area contributed by atoms with Crippen molar-refractivity contribution in [1.82, 2.24) is 19.4 Å². The molecule has 188 valence electrons. The smallest absolute Gasteiger partial charge is 0.227 e. The van der Waals surface area contributed by atoms with E-state index in [0.29, 0.717) is 12.0 Å². The highest BCUT2D eigenvalue weighted by Gasteiger charge is 2.21. The Labute approximate surface area is 212 Å². The number of benzene rings is 2. The highest BCUT2D eigenvalue weighted by molar-refractivity contribution is 5.95. The van der Waals surface area contributed by atoms with Gasteiger partial charge in [-0.2, -0.15) is 0 Å². The van der Waals surface area contributed by atoms with E-state index in [9.17, 15) is 0 Å². The van der Waals surface area contributed by atoms with E-state index in [-0.39, 0.29) is 0 Å². The van der Waals surface area contributed by atoms with Crippen LogP contribution in [0.2, 0.25) is 0 Å². The first-order chi connectivity index (χ1) is 17.4. The number of piperazine rings is 1. The van der Waals surface area contributed by atoms with Gasteiger partial charge in [0.1, 0.15) is 5.75 Å². The number of hydrogen-bond acceptors (Lipinski definition) is 7. The summed E-state index contributed by atoms with van der Waals surface area (Å²) in [5.41, 5.74) is 6.18. The van der Waals surface area contributed by atoms with Crippen molar-refractivity contribution in [2.75, 3.05) is 55.9 Å². The molecule has 1 saturated heterocycles. The number of aromatic nitrogens is 3. The summed E-state index contributed by atoms with van der Waals surface area (Å²) in [6, 6.07) is 14.8. The van der Waals surface area contributed by atoms with Crippen LogP contribution < -0.4 is 20.3 Å². The molecule has 3 heterocycles. The number of anilines is 4. The van der Waals surface area contributed by atoms with Crippen LogP contribution in [0.1, 0.15) is 13.8 Å². The summed E-state index contributed by atoms with van der Waals surface area (Å²) in [4.78, 5) is 14.2. The first kappa shape index (κ1) is 23.9. The highest BCUT2D eigenvalue weighted by Crippen LogP contribution is 2.39. The maximum absolute atomic E-state index is 5.82. The van der Waals surface area contributed by atoms with Crippen LogP contribution in [0.3, 0.4) is 0 Å². The average molecular weight is 486 g/mol. The molecule has 2 aromatic heterocycles. The van der Waals surface area contributed by atoms with E-state index < -0.39 is 0 Å². The van der Waals surface area contributed by atoms with E-state index in [1.54, 1.807) is 13.3 Å². The van der Waals surface area contributed by atoms with Crippen molar-refractivity contribution in [1.29, 1.82) is 0 Å². The lowest BCUT2D eigenvalue weighted by molar-refractivity contribution is 0.313. The van der Waals surface area contributed by atoms with Crippen molar-refractivity contribution in [2.45, 2.75) is 19.9 Å². The molecule has 0 atom stereocenters. The Hall–Kier alpha value is -3.78. The summed E-state index contributed by atoms with van der Waals surface area (Å²) in [6.45, 7) is 8.35. The van der Waals surface area contributed by atoms with E-state index in [4.69, 9.17) is 9.72 Å². The molecular formula is C28H35N7O. The lowest BCUT2D eigenvalue weighted by Crippen LogP contribution is -2.44. The predicted molar refractivity (Wildman–Crippen MR) is 149 cm³/mol. The first-order valence-corrected chi connectivity index (χ1v) is 12.5. The van der Waals surface area contributed by atoms with Gasteiger partial charge >= 0.3 is 0 Å². The molecule has 0 radical (unpaired) electrons. The van der Waals surface area contributed by atoms with Gasteiger partial charge in [-0.05, 0) is 39.1 Å². The number of methoxy groups -OCH3 is 1. The number of rotatable bonds is 7. The molecule has 0 aliphatic carbocycles. The SMILES string of the molecule is COc1cc(N2CCN(C)CC2)c(NC(C)C)cc1Nc1nccc(-c2cn(C)c3ccccc23)n1. The Kier molecular flexibility index (Phi) is 6.69. The van der Waals surface area contributed by atoms with Crippen LogP contribution in [-0.2, 0) is 7.05 Å². The van der Waals surface area contributed by atoms with Crippen molar-refractivity contribution in [2.24, 2.45) is 7.05 Å². The van der Waals surface area contributed by atoms with Crippen LogP contribution in [-0.4, -0.2) is 65.8 Å². The summed E-state index contributed by atoms with van der Waals surface area (Å²) in [5.74, 6) is 1.29. The van der Waals surface area contributed by atoms with Crippen LogP contribution in [0, 0.1) is 0 Å². The summed E-state index contributed by atoms with van der Waals surface area (Å²) in [5, 5.41) is 8.21. The summed E-state index contributed by atoms with van der Waals surface area (Å²) in [6.07, 6.45) is 3.91. The number of fused-ring (bicyclic) bond motifs is 1. The minimum atomic E-state index is 0.295. The van der Waals surface area contributed by atoms with E-state index in [1.807, 2.05) is 6.07 Å². The first-order valence-electron chi connectivity index (χ1n) is 12.5. The van der Waals surface area contributed by atoms with Crippen LogP contribution in [0.5, 0.6) is 5.75 Å². The molecule has 0 bridgehead atoms. The Morgan fingerprint density at radius 2 is 1.75 bits per heavy atom. The number of para-hydroxylation sites is 1. The van der Waals surface area contributed by atoms with Gasteiger partial charge in [-0.15, -0.1) is 0 Å². The number of likely N-dealkylation sites (N-methyl/N-ethyl adjacent to an activating group) is 1. The number of ether oxygens (including phenoxy) is 1.